The predicted octanol–water partition coefficient (Wildman–Crippen LogP) is 2.44. The van der Waals surface area contributed by atoms with E-state index in [1.807, 2.05) is 17.0 Å². The van der Waals surface area contributed by atoms with Gasteiger partial charge in [-0.15, -0.1) is 0 Å². The number of nitrogens with two attached hydrogens (primary N) is 1. The van der Waals surface area contributed by atoms with E-state index in [0.717, 1.165) is 23.4 Å². The molecule has 0 unspecified atom stereocenters. The number of halogens is 2. The molecule has 0 saturated carbocycles. The smallest absolute Gasteiger partial charge is 0.251 e. The molecular weight excluding hydrogens is 238 g/mol. The number of rotatable bonds is 1. The highest BCUT2D eigenvalue weighted by Crippen LogP contribution is 2.40. The molecule has 0 bridgehead atoms. The molecule has 0 radical (unpaired) electrons. The van der Waals surface area contributed by atoms with Crippen LogP contribution in [0.3, 0.4) is 0 Å². The van der Waals surface area contributed by atoms with Crippen LogP contribution in [0.2, 0.25) is 0 Å². The lowest BCUT2D eigenvalue weighted by atomic mass is 10.0. The molecule has 0 amide bonds. The van der Waals surface area contributed by atoms with Crippen molar-refractivity contribution in [3.63, 3.8) is 0 Å². The highest BCUT2D eigenvalue weighted by molar-refractivity contribution is 5.69. The van der Waals surface area contributed by atoms with Crippen molar-refractivity contribution in [1.29, 1.82) is 0 Å². The molecule has 1 fully saturated rings. The predicted molar refractivity (Wildman–Crippen MR) is 66.4 cm³/mol. The molecule has 1 aromatic rings. The Morgan fingerprint density at radius 1 is 1.22 bits per heavy atom. The number of piperidine rings is 1. The Kier molecular flexibility index (Phi) is 2.57. The van der Waals surface area contributed by atoms with E-state index < -0.39 is 5.92 Å². The fraction of sp³-hybridized carbons (Fsp3) is 0.538. The van der Waals surface area contributed by atoms with Gasteiger partial charge < -0.3 is 15.4 Å². The second kappa shape index (κ2) is 4.00. The Hall–Kier alpha value is -1.52. The summed E-state index contributed by atoms with van der Waals surface area (Å²) in [5, 5.41) is 0. The van der Waals surface area contributed by atoms with Gasteiger partial charge in [0.25, 0.3) is 5.92 Å². The zero-order valence-electron chi connectivity index (χ0n) is 10.1. The topological polar surface area (TPSA) is 38.5 Å². The molecule has 98 valence electrons. The summed E-state index contributed by atoms with van der Waals surface area (Å²) in [5.74, 6) is -1.70. The van der Waals surface area contributed by atoms with Crippen molar-refractivity contribution >= 4 is 11.4 Å². The van der Waals surface area contributed by atoms with E-state index in [0.29, 0.717) is 25.4 Å². The largest absolute Gasteiger partial charge is 0.491 e. The lowest BCUT2D eigenvalue weighted by Gasteiger charge is -2.34. The molecule has 0 spiro atoms. The van der Waals surface area contributed by atoms with Crippen LogP contribution in [-0.2, 0) is 6.42 Å². The number of fused-ring (bicyclic) bond motifs is 1. The van der Waals surface area contributed by atoms with Gasteiger partial charge in [-0.05, 0) is 12.1 Å². The SMILES string of the molecule is Nc1cc2c(c(N3CCC(F)(F)CC3)c1)OCC2. The van der Waals surface area contributed by atoms with Crippen LogP contribution in [0.15, 0.2) is 12.1 Å². The minimum atomic E-state index is -2.53. The average Bonchev–Trinajstić information content (AvgIpc) is 2.76. The number of hydrogen-bond acceptors (Lipinski definition) is 3. The van der Waals surface area contributed by atoms with E-state index >= 15 is 0 Å². The van der Waals surface area contributed by atoms with Crippen molar-refractivity contribution in [2.24, 2.45) is 0 Å². The van der Waals surface area contributed by atoms with Gasteiger partial charge in [-0.1, -0.05) is 0 Å². The Balaban J connectivity index is 1.89. The zero-order chi connectivity index (χ0) is 12.8. The van der Waals surface area contributed by atoms with Gasteiger partial charge in [-0.3, -0.25) is 0 Å². The molecule has 2 heterocycles. The van der Waals surface area contributed by atoms with E-state index in [2.05, 4.69) is 0 Å². The van der Waals surface area contributed by atoms with E-state index in [1.165, 1.54) is 0 Å². The molecule has 2 N–H and O–H groups in total. The zero-order valence-corrected chi connectivity index (χ0v) is 10.1. The molecule has 18 heavy (non-hydrogen) atoms. The molecule has 3 nitrogen and oxygen atoms in total. The van der Waals surface area contributed by atoms with Gasteiger partial charge in [-0.25, -0.2) is 8.78 Å². The summed E-state index contributed by atoms with van der Waals surface area (Å²) in [6.07, 6.45) is 0.643. The fourth-order valence-electron chi connectivity index (χ4n) is 2.62. The highest BCUT2D eigenvalue weighted by atomic mass is 19.3. The van der Waals surface area contributed by atoms with Gasteiger partial charge in [-0.2, -0.15) is 0 Å². The number of hydrogen-bond donors (Lipinski definition) is 1. The van der Waals surface area contributed by atoms with Gasteiger partial charge in [0.05, 0.1) is 12.3 Å². The van der Waals surface area contributed by atoms with E-state index in [-0.39, 0.29) is 12.8 Å². The van der Waals surface area contributed by atoms with Crippen molar-refractivity contribution in [2.45, 2.75) is 25.2 Å². The number of nitrogen functional groups attached to an aromatic ring is 1. The maximum Gasteiger partial charge on any atom is 0.251 e. The third-order valence-corrected chi connectivity index (χ3v) is 3.62. The maximum atomic E-state index is 13.2. The summed E-state index contributed by atoms with van der Waals surface area (Å²) in [6.45, 7) is 1.36. The summed E-state index contributed by atoms with van der Waals surface area (Å²) in [4.78, 5) is 1.96. The van der Waals surface area contributed by atoms with Crippen LogP contribution in [0.1, 0.15) is 18.4 Å². The molecular formula is C13H16F2N2O. The lowest BCUT2D eigenvalue weighted by molar-refractivity contribution is -0.0221. The standard InChI is InChI=1S/C13H16F2N2O/c14-13(15)2-4-17(5-3-13)11-8-10(16)7-9-1-6-18-12(9)11/h7-8H,1-6,16H2. The Labute approximate surface area is 105 Å². The van der Waals surface area contributed by atoms with Crippen molar-refractivity contribution in [1.82, 2.24) is 0 Å². The lowest BCUT2D eigenvalue weighted by Crippen LogP contribution is -2.39. The van der Waals surface area contributed by atoms with Gasteiger partial charge >= 0.3 is 0 Å². The molecule has 3 rings (SSSR count). The number of ether oxygens (including phenoxy) is 1. The van der Waals surface area contributed by atoms with Crippen LogP contribution in [0.25, 0.3) is 0 Å². The van der Waals surface area contributed by atoms with Crippen LogP contribution in [0.4, 0.5) is 20.2 Å². The van der Waals surface area contributed by atoms with Crippen molar-refractivity contribution in [3.8, 4) is 5.75 Å². The molecule has 5 heteroatoms. The molecule has 0 aliphatic carbocycles. The minimum absolute atomic E-state index is 0.101. The third kappa shape index (κ3) is 1.98. The van der Waals surface area contributed by atoms with E-state index in [1.54, 1.807) is 0 Å². The summed E-state index contributed by atoms with van der Waals surface area (Å²) in [7, 11) is 0. The van der Waals surface area contributed by atoms with Crippen LogP contribution in [0.5, 0.6) is 5.75 Å². The van der Waals surface area contributed by atoms with Crippen LogP contribution >= 0.6 is 0 Å². The second-order valence-corrected chi connectivity index (χ2v) is 4.97. The molecule has 2 aliphatic rings. The Morgan fingerprint density at radius 2 is 1.94 bits per heavy atom. The van der Waals surface area contributed by atoms with Crippen LogP contribution in [0, 0.1) is 0 Å². The Bertz CT molecular complexity index is 466. The van der Waals surface area contributed by atoms with Crippen molar-refractivity contribution in [3.05, 3.63) is 17.7 Å². The Morgan fingerprint density at radius 3 is 2.67 bits per heavy atom. The minimum Gasteiger partial charge on any atom is -0.491 e. The summed E-state index contributed by atoms with van der Waals surface area (Å²) < 4.78 is 31.9. The summed E-state index contributed by atoms with van der Waals surface area (Å²) >= 11 is 0. The van der Waals surface area contributed by atoms with Crippen molar-refractivity contribution in [2.75, 3.05) is 30.3 Å². The maximum absolute atomic E-state index is 13.2. The van der Waals surface area contributed by atoms with Gasteiger partial charge in [0, 0.05) is 43.6 Å². The van der Waals surface area contributed by atoms with Crippen LogP contribution < -0.4 is 15.4 Å². The highest BCUT2D eigenvalue weighted by Gasteiger charge is 2.35. The first-order valence-corrected chi connectivity index (χ1v) is 6.23. The number of alkyl halides is 2. The van der Waals surface area contributed by atoms with Crippen LogP contribution in [-0.4, -0.2) is 25.6 Å². The quantitative estimate of drug-likeness (QED) is 0.782. The summed E-state index contributed by atoms with van der Waals surface area (Å²) in [5.41, 5.74) is 8.49. The second-order valence-electron chi connectivity index (χ2n) is 4.97. The molecule has 0 atom stereocenters. The fourth-order valence-corrected chi connectivity index (χ4v) is 2.62. The normalized spacial score (nSPS) is 21.6. The van der Waals surface area contributed by atoms with Gasteiger partial charge in [0.1, 0.15) is 5.75 Å². The third-order valence-electron chi connectivity index (χ3n) is 3.62. The number of benzene rings is 1. The van der Waals surface area contributed by atoms with Gasteiger partial charge in [0.15, 0.2) is 0 Å². The molecule has 1 aromatic carbocycles. The summed E-state index contributed by atoms with van der Waals surface area (Å²) in [6, 6.07) is 3.73. The van der Waals surface area contributed by atoms with E-state index in [9.17, 15) is 8.78 Å². The number of anilines is 2. The number of nitrogens with zero attached hydrogens (tertiary/aromatic N) is 1. The van der Waals surface area contributed by atoms with E-state index in [4.69, 9.17) is 10.5 Å². The molecule has 2 aliphatic heterocycles. The first kappa shape index (κ1) is 11.6. The van der Waals surface area contributed by atoms with Crippen molar-refractivity contribution < 1.29 is 13.5 Å². The first-order chi connectivity index (χ1) is 8.55. The molecule has 0 aromatic heterocycles. The molecule has 1 saturated heterocycles. The van der Waals surface area contributed by atoms with Gasteiger partial charge in [0.2, 0.25) is 0 Å². The monoisotopic (exact) mass is 254 g/mol. The average molecular weight is 254 g/mol. The first-order valence-electron chi connectivity index (χ1n) is 6.23.